The van der Waals surface area contributed by atoms with Crippen molar-refractivity contribution < 1.29 is 8.78 Å². The average molecular weight is 241 g/mol. The Morgan fingerprint density at radius 1 is 1.33 bits per heavy atom. The summed E-state index contributed by atoms with van der Waals surface area (Å²) < 4.78 is 26.0. The Morgan fingerprint density at radius 2 is 1.93 bits per heavy atom. The molecule has 0 aromatic rings. The van der Waals surface area contributed by atoms with E-state index in [1.165, 1.54) is 0 Å². The van der Waals surface area contributed by atoms with Gasteiger partial charge in [0.05, 0.1) is 0 Å². The first-order valence-corrected chi connectivity index (χ1v) is 5.77. The summed E-state index contributed by atoms with van der Waals surface area (Å²) in [5.41, 5.74) is 2.17. The molecule has 15 heavy (non-hydrogen) atoms. The van der Waals surface area contributed by atoms with E-state index < -0.39 is 11.4 Å². The fourth-order valence-corrected chi connectivity index (χ4v) is 2.63. The zero-order chi connectivity index (χ0) is 11.6. The molecule has 0 radical (unpaired) electrons. The minimum absolute atomic E-state index is 0.131. The second-order valence-electron chi connectivity index (χ2n) is 4.71. The molecule has 1 saturated carbocycles. The smallest absolute Gasteiger partial charge is 0.271 e. The Morgan fingerprint density at radius 3 is 2.33 bits per heavy atom. The number of nitrogens with two attached hydrogens (primary N) is 1. The van der Waals surface area contributed by atoms with Gasteiger partial charge in [0.2, 0.25) is 0 Å². The largest absolute Gasteiger partial charge is 0.338 e. The lowest BCUT2D eigenvalue weighted by molar-refractivity contribution is 0.00611. The number of alkyl halides is 3. The molecule has 0 spiro atoms. The zero-order valence-electron chi connectivity index (χ0n) is 9.14. The molecule has 0 saturated heterocycles. The highest BCUT2D eigenvalue weighted by molar-refractivity contribution is 6.22. The van der Waals surface area contributed by atoms with E-state index in [2.05, 4.69) is 19.3 Å². The van der Waals surface area contributed by atoms with Crippen LogP contribution in [-0.4, -0.2) is 11.4 Å². The minimum Gasteiger partial charge on any atom is -0.271 e. The predicted molar refractivity (Wildman–Crippen MR) is 57.6 cm³/mol. The molecule has 0 heterocycles. The molecule has 90 valence electrons. The van der Waals surface area contributed by atoms with Crippen LogP contribution in [0.3, 0.4) is 0 Å². The molecule has 1 aliphatic carbocycles. The van der Waals surface area contributed by atoms with Gasteiger partial charge in [-0.1, -0.05) is 20.3 Å². The summed E-state index contributed by atoms with van der Waals surface area (Å²) in [6.07, 6.45) is 2.50. The lowest BCUT2D eigenvalue weighted by Gasteiger charge is -2.37. The third-order valence-corrected chi connectivity index (χ3v) is 3.88. The molecule has 5 heteroatoms. The Balaban J connectivity index is 2.63. The zero-order valence-corrected chi connectivity index (χ0v) is 9.90. The molecule has 1 rings (SSSR count). The topological polar surface area (TPSA) is 38.0 Å². The summed E-state index contributed by atoms with van der Waals surface area (Å²) in [6.45, 7) is 4.25. The quantitative estimate of drug-likeness (QED) is 0.452. The van der Waals surface area contributed by atoms with Gasteiger partial charge in [-0.15, -0.1) is 0 Å². The van der Waals surface area contributed by atoms with E-state index >= 15 is 0 Å². The van der Waals surface area contributed by atoms with Crippen molar-refractivity contribution in [1.82, 2.24) is 5.43 Å². The number of rotatable bonds is 3. The minimum atomic E-state index is -3.26. The third-order valence-electron chi connectivity index (χ3n) is 3.64. The lowest BCUT2D eigenvalue weighted by Crippen LogP contribution is -2.51. The van der Waals surface area contributed by atoms with Gasteiger partial charge < -0.3 is 0 Å². The van der Waals surface area contributed by atoms with E-state index in [0.717, 1.165) is 19.3 Å². The van der Waals surface area contributed by atoms with Crippen molar-refractivity contribution in [3.8, 4) is 0 Å². The molecule has 3 N–H and O–H groups in total. The van der Waals surface area contributed by atoms with Crippen molar-refractivity contribution >= 4 is 11.6 Å². The number of hydrazine groups is 1. The highest BCUT2D eigenvalue weighted by atomic mass is 35.5. The van der Waals surface area contributed by atoms with E-state index in [9.17, 15) is 8.78 Å². The third kappa shape index (κ3) is 3.26. The van der Waals surface area contributed by atoms with Crippen LogP contribution < -0.4 is 11.3 Å². The Kier molecular flexibility index (Phi) is 4.32. The van der Waals surface area contributed by atoms with E-state index in [1.54, 1.807) is 0 Å². The highest BCUT2D eigenvalue weighted by Crippen LogP contribution is 2.39. The molecule has 4 unspecified atom stereocenters. The fraction of sp³-hybridized carbons (Fsp3) is 1.00. The number of hydrogen-bond donors (Lipinski definition) is 2. The molecule has 1 fully saturated rings. The number of halogens is 3. The van der Waals surface area contributed by atoms with Crippen LogP contribution in [0.5, 0.6) is 0 Å². The average Bonchev–Trinajstić information content (AvgIpc) is 2.10. The van der Waals surface area contributed by atoms with Gasteiger partial charge in [-0.05, 0) is 42.2 Å². The molecular weight excluding hydrogens is 222 g/mol. The van der Waals surface area contributed by atoms with Gasteiger partial charge in [0.15, 0.2) is 0 Å². The maximum Gasteiger partial charge on any atom is 0.338 e. The SMILES string of the molecule is CC1CCC(C(NN)C(F)(F)Cl)CC1C. The van der Waals surface area contributed by atoms with Crippen LogP contribution in [0.4, 0.5) is 8.78 Å². The van der Waals surface area contributed by atoms with Crippen molar-refractivity contribution in [3.05, 3.63) is 0 Å². The Labute approximate surface area is 94.5 Å². The van der Waals surface area contributed by atoms with Crippen LogP contribution in [0.2, 0.25) is 0 Å². The lowest BCUT2D eigenvalue weighted by atomic mass is 9.73. The maximum absolute atomic E-state index is 13.0. The van der Waals surface area contributed by atoms with Gasteiger partial charge in [-0.3, -0.25) is 5.84 Å². The van der Waals surface area contributed by atoms with Crippen LogP contribution in [-0.2, 0) is 0 Å². The Hall–Kier alpha value is 0.0700. The molecule has 0 amide bonds. The first kappa shape index (κ1) is 13.1. The van der Waals surface area contributed by atoms with Gasteiger partial charge in [-0.25, -0.2) is 5.43 Å². The van der Waals surface area contributed by atoms with Gasteiger partial charge in [0.25, 0.3) is 0 Å². The molecule has 0 aliphatic heterocycles. The van der Waals surface area contributed by atoms with Crippen LogP contribution in [0, 0.1) is 17.8 Å². The van der Waals surface area contributed by atoms with Crippen LogP contribution >= 0.6 is 11.6 Å². The Bertz CT molecular complexity index is 208. The molecule has 4 atom stereocenters. The predicted octanol–water partition coefficient (Wildman–Crippen LogP) is 2.72. The molecule has 0 aromatic carbocycles. The summed E-state index contributed by atoms with van der Waals surface area (Å²) in [6, 6.07) is -1.12. The second-order valence-corrected chi connectivity index (χ2v) is 5.22. The summed E-state index contributed by atoms with van der Waals surface area (Å²) >= 11 is 5.04. The standard InChI is InChI=1S/C10H19ClF2N2/c1-6-3-4-8(5-7(6)2)9(15-14)10(11,12)13/h6-9,15H,3-5,14H2,1-2H3. The summed E-state index contributed by atoms with van der Waals surface area (Å²) in [7, 11) is 0. The van der Waals surface area contributed by atoms with Crippen molar-refractivity contribution in [2.45, 2.75) is 44.5 Å². The summed E-state index contributed by atoms with van der Waals surface area (Å²) in [5, 5.41) is -3.26. The van der Waals surface area contributed by atoms with E-state index in [0.29, 0.717) is 11.8 Å². The summed E-state index contributed by atoms with van der Waals surface area (Å²) in [5.74, 6) is 6.08. The van der Waals surface area contributed by atoms with Crippen LogP contribution in [0.15, 0.2) is 0 Å². The summed E-state index contributed by atoms with van der Waals surface area (Å²) in [4.78, 5) is 0. The monoisotopic (exact) mass is 240 g/mol. The highest BCUT2D eigenvalue weighted by Gasteiger charge is 2.43. The molecular formula is C10H19ClF2N2. The maximum atomic E-state index is 13.0. The first-order valence-electron chi connectivity index (χ1n) is 5.39. The van der Waals surface area contributed by atoms with Crippen LogP contribution in [0.1, 0.15) is 33.1 Å². The molecule has 0 aromatic heterocycles. The fourth-order valence-electron chi connectivity index (χ4n) is 2.39. The molecule has 0 bridgehead atoms. The van der Waals surface area contributed by atoms with Gasteiger partial charge in [0.1, 0.15) is 6.04 Å². The van der Waals surface area contributed by atoms with E-state index in [-0.39, 0.29) is 5.92 Å². The van der Waals surface area contributed by atoms with E-state index in [1.807, 2.05) is 0 Å². The number of hydrogen-bond acceptors (Lipinski definition) is 2. The second kappa shape index (κ2) is 4.93. The van der Waals surface area contributed by atoms with Crippen molar-refractivity contribution in [1.29, 1.82) is 0 Å². The molecule has 2 nitrogen and oxygen atoms in total. The van der Waals surface area contributed by atoms with Crippen molar-refractivity contribution in [2.24, 2.45) is 23.6 Å². The molecule has 1 aliphatic rings. The normalized spacial score (nSPS) is 35.2. The van der Waals surface area contributed by atoms with Crippen molar-refractivity contribution in [2.75, 3.05) is 0 Å². The van der Waals surface area contributed by atoms with Gasteiger partial charge in [-0.2, -0.15) is 8.78 Å². The van der Waals surface area contributed by atoms with Crippen molar-refractivity contribution in [3.63, 3.8) is 0 Å². The van der Waals surface area contributed by atoms with Gasteiger partial charge >= 0.3 is 5.38 Å². The van der Waals surface area contributed by atoms with Gasteiger partial charge in [0, 0.05) is 0 Å². The van der Waals surface area contributed by atoms with Crippen LogP contribution in [0.25, 0.3) is 0 Å². The van der Waals surface area contributed by atoms with E-state index in [4.69, 9.17) is 17.4 Å². The first-order chi connectivity index (χ1) is 6.86. The number of nitrogens with one attached hydrogen (secondary N) is 1.